The molecule has 2 aromatic rings. The van der Waals surface area contributed by atoms with Crippen LogP contribution in [0.15, 0.2) is 41.7 Å². The predicted molar refractivity (Wildman–Crippen MR) is 121 cm³/mol. The van der Waals surface area contributed by atoms with Gasteiger partial charge in [-0.3, -0.25) is 9.48 Å². The van der Waals surface area contributed by atoms with Crippen LogP contribution in [0.25, 0.3) is 0 Å². The van der Waals surface area contributed by atoms with Crippen molar-refractivity contribution >= 4 is 11.9 Å². The van der Waals surface area contributed by atoms with Crippen LogP contribution in [0.2, 0.25) is 0 Å². The summed E-state index contributed by atoms with van der Waals surface area (Å²) in [6.45, 7) is 8.30. The first-order valence-electron chi connectivity index (χ1n) is 11.0. The van der Waals surface area contributed by atoms with E-state index in [0.29, 0.717) is 18.0 Å². The number of carbonyl (C=O) groups excluding carboxylic acids is 1. The Morgan fingerprint density at radius 2 is 2.03 bits per heavy atom. The fourth-order valence-corrected chi connectivity index (χ4v) is 3.71. The number of likely N-dealkylation sites (tertiary alicyclic amines) is 1. The number of nitrogens with one attached hydrogen (secondary N) is 2. The van der Waals surface area contributed by atoms with Crippen molar-refractivity contribution in [3.8, 4) is 0 Å². The van der Waals surface area contributed by atoms with E-state index in [9.17, 15) is 4.79 Å². The highest BCUT2D eigenvalue weighted by Gasteiger charge is 2.26. The standard InChI is InChI=1S/C23H34N6O/c1-4-6-12-25-22(30)19-9-7-18(8-10-19)14-26-23(24-5-2)29-13-11-20(17-29)21-15-27-28(3)16-21/h7-10,15-16,20H,4-6,11-14,17H2,1-3H3,(H,24,26)(H,25,30). The van der Waals surface area contributed by atoms with Crippen LogP contribution < -0.4 is 10.6 Å². The molecule has 0 bridgehead atoms. The van der Waals surface area contributed by atoms with Gasteiger partial charge in [-0.05, 0) is 43.0 Å². The molecular weight excluding hydrogens is 376 g/mol. The van der Waals surface area contributed by atoms with E-state index in [-0.39, 0.29) is 5.91 Å². The molecule has 2 N–H and O–H groups in total. The molecule has 1 aliphatic heterocycles. The van der Waals surface area contributed by atoms with Crippen LogP contribution in [-0.2, 0) is 13.6 Å². The van der Waals surface area contributed by atoms with E-state index in [2.05, 4.69) is 40.7 Å². The third-order valence-electron chi connectivity index (χ3n) is 5.46. The SMILES string of the molecule is CCCCNC(=O)c1ccc(CN=C(NCC)N2CCC(c3cnn(C)c3)C2)cc1. The minimum absolute atomic E-state index is 0.00893. The van der Waals surface area contributed by atoms with Gasteiger partial charge >= 0.3 is 0 Å². The summed E-state index contributed by atoms with van der Waals surface area (Å²) in [4.78, 5) is 19.3. The van der Waals surface area contributed by atoms with Gasteiger partial charge in [-0.1, -0.05) is 25.5 Å². The monoisotopic (exact) mass is 410 g/mol. The quantitative estimate of drug-likeness (QED) is 0.399. The van der Waals surface area contributed by atoms with E-state index >= 15 is 0 Å². The number of benzene rings is 1. The summed E-state index contributed by atoms with van der Waals surface area (Å²) in [5.74, 6) is 1.43. The third-order valence-corrected chi connectivity index (χ3v) is 5.46. The van der Waals surface area contributed by atoms with E-state index in [1.54, 1.807) is 0 Å². The molecule has 30 heavy (non-hydrogen) atoms. The average Bonchev–Trinajstić information content (AvgIpc) is 3.41. The van der Waals surface area contributed by atoms with Crippen molar-refractivity contribution in [2.75, 3.05) is 26.2 Å². The minimum atomic E-state index is -0.00893. The topological polar surface area (TPSA) is 74.6 Å². The van der Waals surface area contributed by atoms with Gasteiger partial charge in [0.05, 0.1) is 12.7 Å². The zero-order chi connectivity index (χ0) is 21.3. The summed E-state index contributed by atoms with van der Waals surface area (Å²) in [5.41, 5.74) is 3.09. The maximum atomic E-state index is 12.1. The first kappa shape index (κ1) is 21.9. The summed E-state index contributed by atoms with van der Waals surface area (Å²) >= 11 is 0. The van der Waals surface area contributed by atoms with E-state index in [0.717, 1.165) is 57.0 Å². The summed E-state index contributed by atoms with van der Waals surface area (Å²) in [6, 6.07) is 7.75. The number of hydrogen-bond acceptors (Lipinski definition) is 3. The van der Waals surface area contributed by atoms with Crippen LogP contribution in [0.3, 0.4) is 0 Å². The summed E-state index contributed by atoms with van der Waals surface area (Å²) in [6.07, 6.45) is 7.27. The second-order valence-electron chi connectivity index (χ2n) is 7.86. The number of carbonyl (C=O) groups is 1. The molecule has 7 nitrogen and oxygen atoms in total. The van der Waals surface area contributed by atoms with Gasteiger partial charge in [-0.25, -0.2) is 4.99 Å². The Hall–Kier alpha value is -2.83. The Labute approximate surface area is 179 Å². The molecule has 0 spiro atoms. The zero-order valence-electron chi connectivity index (χ0n) is 18.4. The molecular formula is C23H34N6O. The molecule has 1 aliphatic rings. The van der Waals surface area contributed by atoms with Crippen LogP contribution in [0.5, 0.6) is 0 Å². The third kappa shape index (κ3) is 5.84. The first-order chi connectivity index (χ1) is 14.6. The summed E-state index contributed by atoms with van der Waals surface area (Å²) < 4.78 is 1.87. The number of aryl methyl sites for hydroxylation is 1. The molecule has 0 radical (unpaired) electrons. The van der Waals surface area contributed by atoms with Gasteiger partial charge in [0.25, 0.3) is 5.91 Å². The Kier molecular flexibility index (Phi) is 7.88. The lowest BCUT2D eigenvalue weighted by molar-refractivity contribution is 0.0953. The number of aliphatic imine (C=N–C) groups is 1. The van der Waals surface area contributed by atoms with Crippen molar-refractivity contribution < 1.29 is 4.79 Å². The van der Waals surface area contributed by atoms with Crippen molar-refractivity contribution in [3.05, 3.63) is 53.3 Å². The second kappa shape index (κ2) is 10.8. The number of hydrogen-bond donors (Lipinski definition) is 2. The lowest BCUT2D eigenvalue weighted by Crippen LogP contribution is -2.40. The van der Waals surface area contributed by atoms with Gasteiger partial charge in [0, 0.05) is 50.9 Å². The maximum Gasteiger partial charge on any atom is 0.251 e. The number of rotatable bonds is 8. The molecule has 1 unspecified atom stereocenters. The lowest BCUT2D eigenvalue weighted by Gasteiger charge is -2.21. The minimum Gasteiger partial charge on any atom is -0.357 e. The van der Waals surface area contributed by atoms with E-state index in [1.165, 1.54) is 5.56 Å². The van der Waals surface area contributed by atoms with Gasteiger partial charge in [0.15, 0.2) is 5.96 Å². The number of aromatic nitrogens is 2. The molecule has 2 heterocycles. The highest BCUT2D eigenvalue weighted by Crippen LogP contribution is 2.26. The van der Waals surface area contributed by atoms with Crippen molar-refractivity contribution in [2.24, 2.45) is 12.0 Å². The van der Waals surface area contributed by atoms with Gasteiger partial charge in [0.1, 0.15) is 0 Å². The Morgan fingerprint density at radius 1 is 1.23 bits per heavy atom. The molecule has 1 aromatic carbocycles. The molecule has 1 saturated heterocycles. The molecule has 0 saturated carbocycles. The van der Waals surface area contributed by atoms with Crippen LogP contribution in [0, 0.1) is 0 Å². The summed E-state index contributed by atoms with van der Waals surface area (Å²) in [5, 5.41) is 10.7. The largest absolute Gasteiger partial charge is 0.357 e. The Balaban J connectivity index is 1.59. The molecule has 162 valence electrons. The Morgan fingerprint density at radius 3 is 2.70 bits per heavy atom. The molecule has 1 amide bonds. The lowest BCUT2D eigenvalue weighted by atomic mass is 10.0. The second-order valence-corrected chi connectivity index (χ2v) is 7.86. The van der Waals surface area contributed by atoms with Crippen LogP contribution in [0.1, 0.15) is 60.5 Å². The van der Waals surface area contributed by atoms with Gasteiger partial charge in [-0.15, -0.1) is 0 Å². The molecule has 3 rings (SSSR count). The van der Waals surface area contributed by atoms with Gasteiger partial charge < -0.3 is 15.5 Å². The predicted octanol–water partition coefficient (Wildman–Crippen LogP) is 2.91. The van der Waals surface area contributed by atoms with Gasteiger partial charge in [-0.2, -0.15) is 5.10 Å². The first-order valence-corrected chi connectivity index (χ1v) is 11.0. The van der Waals surface area contributed by atoms with Crippen molar-refractivity contribution in [2.45, 2.75) is 45.6 Å². The molecule has 1 aromatic heterocycles. The molecule has 7 heteroatoms. The maximum absolute atomic E-state index is 12.1. The van der Waals surface area contributed by atoms with Crippen molar-refractivity contribution in [1.29, 1.82) is 0 Å². The van der Waals surface area contributed by atoms with E-state index in [4.69, 9.17) is 4.99 Å². The molecule has 1 fully saturated rings. The van der Waals surface area contributed by atoms with Crippen molar-refractivity contribution in [1.82, 2.24) is 25.3 Å². The Bertz CT molecular complexity index is 842. The smallest absolute Gasteiger partial charge is 0.251 e. The fourth-order valence-electron chi connectivity index (χ4n) is 3.71. The van der Waals surface area contributed by atoms with Crippen LogP contribution >= 0.6 is 0 Å². The van der Waals surface area contributed by atoms with E-state index in [1.807, 2.05) is 42.2 Å². The zero-order valence-corrected chi connectivity index (χ0v) is 18.4. The van der Waals surface area contributed by atoms with Gasteiger partial charge in [0.2, 0.25) is 0 Å². The number of amides is 1. The fraction of sp³-hybridized carbons (Fsp3) is 0.522. The average molecular weight is 411 g/mol. The van der Waals surface area contributed by atoms with E-state index < -0.39 is 0 Å². The molecule has 0 aliphatic carbocycles. The highest BCUT2D eigenvalue weighted by molar-refractivity contribution is 5.94. The van der Waals surface area contributed by atoms with Crippen molar-refractivity contribution in [3.63, 3.8) is 0 Å². The number of unbranched alkanes of at least 4 members (excludes halogenated alkanes) is 1. The molecule has 1 atom stereocenters. The summed E-state index contributed by atoms with van der Waals surface area (Å²) in [7, 11) is 1.96. The normalized spacial score (nSPS) is 16.7. The number of nitrogens with zero attached hydrogens (tertiary/aromatic N) is 4. The van der Waals surface area contributed by atoms with Crippen LogP contribution in [0.4, 0.5) is 0 Å². The van der Waals surface area contributed by atoms with Crippen LogP contribution in [-0.4, -0.2) is 52.7 Å². The number of guanidine groups is 1. The highest BCUT2D eigenvalue weighted by atomic mass is 16.1.